The summed E-state index contributed by atoms with van der Waals surface area (Å²) >= 11 is 0. The maximum Gasteiger partial charge on any atom is 1.00 e. The smallest absolute Gasteiger partial charge is 0.845 e. The monoisotopic (exact) mass is 414 g/mol. The largest absolute Gasteiger partial charge is 1.00 e. The van der Waals surface area contributed by atoms with E-state index in [4.69, 9.17) is 10.2 Å². The SMILES string of the molecule is C=CCCC([O-])c1nnc(-c2[nH]c(=O)c(C(F)(F)F)cc2N)o1.[Rb+]. The zero-order valence-electron chi connectivity index (χ0n) is 12.7. The van der Waals surface area contributed by atoms with Crippen molar-refractivity contribution in [2.75, 3.05) is 5.73 Å². The Bertz CT molecular complexity index is 773. The molecular weight excluding hydrogens is 403 g/mol. The van der Waals surface area contributed by atoms with Crippen LogP contribution in [0.3, 0.4) is 0 Å². The average Bonchev–Trinajstić information content (AvgIpc) is 2.95. The number of nitrogens with zero attached hydrogens (tertiary/aromatic N) is 2. The van der Waals surface area contributed by atoms with Gasteiger partial charge in [0.2, 0.25) is 5.89 Å². The summed E-state index contributed by atoms with van der Waals surface area (Å²) in [4.78, 5) is 13.4. The minimum absolute atomic E-state index is 0. The predicted molar refractivity (Wildman–Crippen MR) is 71.9 cm³/mol. The molecule has 0 aliphatic heterocycles. The van der Waals surface area contributed by atoms with E-state index in [1.165, 1.54) is 0 Å². The summed E-state index contributed by atoms with van der Waals surface area (Å²) in [5, 5.41) is 18.8. The fourth-order valence-corrected chi connectivity index (χ4v) is 1.79. The van der Waals surface area contributed by atoms with Crippen LogP contribution >= 0.6 is 0 Å². The van der Waals surface area contributed by atoms with Crippen molar-refractivity contribution in [1.29, 1.82) is 0 Å². The molecule has 0 aliphatic rings. The molecule has 124 valence electrons. The Morgan fingerprint density at radius 2 is 2.12 bits per heavy atom. The number of pyridine rings is 1. The molecule has 0 amide bonds. The molecule has 0 aromatic carbocycles. The summed E-state index contributed by atoms with van der Waals surface area (Å²) in [6, 6.07) is 0.477. The minimum atomic E-state index is -4.84. The van der Waals surface area contributed by atoms with Gasteiger partial charge in [-0.15, -0.1) is 16.8 Å². The molecule has 2 heterocycles. The first kappa shape index (κ1) is 21.2. The molecule has 0 bridgehead atoms. The number of hydrogen-bond donors (Lipinski definition) is 2. The standard InChI is InChI=1S/C13H12F3N4O3.Rb/c1-2-3-4-8(21)11-19-20-12(23-11)9-7(17)5-6(10(22)18-9)13(14,15)16;/h2,5,8H,1,3-4,17H2,(H,18,22);/q-1;+1. The van der Waals surface area contributed by atoms with Crippen LogP contribution in [-0.4, -0.2) is 15.2 Å². The van der Waals surface area contributed by atoms with Crippen LogP contribution in [0.15, 0.2) is 27.9 Å². The maximum absolute atomic E-state index is 12.6. The van der Waals surface area contributed by atoms with E-state index in [1.807, 2.05) is 4.98 Å². The quantitative estimate of drug-likeness (QED) is 0.568. The minimum Gasteiger partial charge on any atom is -0.845 e. The summed E-state index contributed by atoms with van der Waals surface area (Å²) in [5.41, 5.74) is 1.99. The number of alkyl halides is 3. The van der Waals surface area contributed by atoms with Crippen molar-refractivity contribution < 1.29 is 80.9 Å². The molecule has 1 atom stereocenters. The first-order valence-corrected chi connectivity index (χ1v) is 6.44. The molecule has 0 saturated heterocycles. The van der Waals surface area contributed by atoms with Gasteiger partial charge in [-0.3, -0.25) is 4.79 Å². The third-order valence-corrected chi connectivity index (χ3v) is 2.94. The second-order valence-corrected chi connectivity index (χ2v) is 4.64. The Hall–Kier alpha value is -0.815. The normalized spacial score (nSPS) is 12.5. The zero-order chi connectivity index (χ0) is 17.2. The van der Waals surface area contributed by atoms with Crippen molar-refractivity contribution in [1.82, 2.24) is 15.2 Å². The molecule has 2 aromatic heterocycles. The summed E-state index contributed by atoms with van der Waals surface area (Å²) in [5.74, 6) is -0.579. The third-order valence-electron chi connectivity index (χ3n) is 2.94. The molecule has 0 aliphatic carbocycles. The summed E-state index contributed by atoms with van der Waals surface area (Å²) < 4.78 is 42.9. The Morgan fingerprint density at radius 1 is 1.46 bits per heavy atom. The number of nitrogens with one attached hydrogen (secondary N) is 1. The van der Waals surface area contributed by atoms with E-state index in [9.17, 15) is 23.1 Å². The number of anilines is 1. The molecule has 24 heavy (non-hydrogen) atoms. The fourth-order valence-electron chi connectivity index (χ4n) is 1.79. The molecule has 0 spiro atoms. The number of rotatable bonds is 5. The summed E-state index contributed by atoms with van der Waals surface area (Å²) in [7, 11) is 0. The van der Waals surface area contributed by atoms with Crippen LogP contribution in [0, 0.1) is 0 Å². The van der Waals surface area contributed by atoms with Gasteiger partial charge in [0.05, 0.1) is 5.69 Å². The summed E-state index contributed by atoms with van der Waals surface area (Å²) in [6.07, 6.45) is -4.00. The molecular formula is C13H12F3N4O3Rb. The Labute approximate surface area is 182 Å². The average molecular weight is 415 g/mol. The number of H-pyrrole nitrogens is 1. The van der Waals surface area contributed by atoms with E-state index in [2.05, 4.69) is 16.8 Å². The molecule has 1 unspecified atom stereocenters. The number of aromatic amines is 1. The van der Waals surface area contributed by atoms with E-state index in [-0.39, 0.29) is 82.1 Å². The van der Waals surface area contributed by atoms with Crippen LogP contribution in [-0.2, 0) is 6.18 Å². The van der Waals surface area contributed by atoms with Crippen LogP contribution in [0.5, 0.6) is 0 Å². The van der Waals surface area contributed by atoms with Crippen molar-refractivity contribution in [2.24, 2.45) is 0 Å². The topological polar surface area (TPSA) is 121 Å². The van der Waals surface area contributed by atoms with E-state index in [0.29, 0.717) is 12.5 Å². The van der Waals surface area contributed by atoms with Gasteiger partial charge in [0.15, 0.2) is 0 Å². The molecule has 2 aromatic rings. The van der Waals surface area contributed by atoms with Crippen LogP contribution in [0.1, 0.15) is 30.4 Å². The van der Waals surface area contributed by atoms with Crippen LogP contribution in [0.4, 0.5) is 18.9 Å². The van der Waals surface area contributed by atoms with Gasteiger partial charge in [0, 0.05) is 0 Å². The molecule has 7 nitrogen and oxygen atoms in total. The fraction of sp³-hybridized carbons (Fsp3) is 0.308. The molecule has 0 fully saturated rings. The number of nitrogens with two attached hydrogens (primary N) is 1. The predicted octanol–water partition coefficient (Wildman–Crippen LogP) is -1.60. The maximum atomic E-state index is 12.6. The Kier molecular flexibility index (Phi) is 7.54. The summed E-state index contributed by atoms with van der Waals surface area (Å²) in [6.45, 7) is 3.47. The van der Waals surface area contributed by atoms with E-state index in [1.54, 1.807) is 6.08 Å². The van der Waals surface area contributed by atoms with Gasteiger partial charge < -0.3 is 20.2 Å². The van der Waals surface area contributed by atoms with Crippen molar-refractivity contribution >= 4 is 5.69 Å². The van der Waals surface area contributed by atoms with Gasteiger partial charge in [-0.2, -0.15) is 13.2 Å². The number of hydrogen-bond acceptors (Lipinski definition) is 6. The van der Waals surface area contributed by atoms with Crippen LogP contribution in [0.2, 0.25) is 0 Å². The molecule has 0 radical (unpaired) electrons. The second kappa shape index (κ2) is 8.52. The number of nitrogen functional groups attached to an aromatic ring is 1. The van der Waals surface area contributed by atoms with Crippen molar-refractivity contribution in [3.05, 3.63) is 40.5 Å². The number of allylic oxidation sites excluding steroid dienone is 1. The van der Waals surface area contributed by atoms with Gasteiger partial charge >= 0.3 is 64.4 Å². The van der Waals surface area contributed by atoms with Crippen LogP contribution in [0.25, 0.3) is 11.6 Å². The van der Waals surface area contributed by atoms with Gasteiger partial charge in [-0.25, -0.2) is 0 Å². The molecule has 11 heteroatoms. The second-order valence-electron chi connectivity index (χ2n) is 4.64. The Morgan fingerprint density at radius 3 is 2.71 bits per heavy atom. The third kappa shape index (κ3) is 4.85. The van der Waals surface area contributed by atoms with Crippen molar-refractivity contribution in [2.45, 2.75) is 25.1 Å². The van der Waals surface area contributed by atoms with Gasteiger partial charge in [0.1, 0.15) is 11.3 Å². The van der Waals surface area contributed by atoms with Crippen molar-refractivity contribution in [3.63, 3.8) is 0 Å². The Balaban J connectivity index is 0.00000288. The number of halogens is 3. The van der Waals surface area contributed by atoms with E-state index >= 15 is 0 Å². The molecule has 0 saturated carbocycles. The van der Waals surface area contributed by atoms with Crippen LogP contribution < -0.4 is 74.6 Å². The van der Waals surface area contributed by atoms with Gasteiger partial charge in [-0.1, -0.05) is 12.5 Å². The van der Waals surface area contributed by atoms with E-state index in [0.717, 1.165) is 0 Å². The van der Waals surface area contributed by atoms with Crippen molar-refractivity contribution in [3.8, 4) is 11.6 Å². The van der Waals surface area contributed by atoms with E-state index < -0.39 is 29.1 Å². The number of aromatic nitrogens is 3. The molecule has 2 rings (SSSR count). The first-order valence-electron chi connectivity index (χ1n) is 6.44. The first-order chi connectivity index (χ1) is 10.7. The van der Waals surface area contributed by atoms with Gasteiger partial charge in [0.25, 0.3) is 11.4 Å². The van der Waals surface area contributed by atoms with Gasteiger partial charge in [-0.05, 0) is 18.6 Å². The zero-order valence-corrected chi connectivity index (χ0v) is 17.6. The molecule has 3 N–H and O–H groups in total.